The summed E-state index contributed by atoms with van der Waals surface area (Å²) in [6.45, 7) is 2.09. The second kappa shape index (κ2) is 5.47. The average Bonchev–Trinajstić information content (AvgIpc) is 2.63. The molecule has 0 spiro atoms. The van der Waals surface area contributed by atoms with Crippen molar-refractivity contribution >= 4 is 18.2 Å². The van der Waals surface area contributed by atoms with Gasteiger partial charge in [0.25, 0.3) is 0 Å². The van der Waals surface area contributed by atoms with Crippen LogP contribution in [0.5, 0.6) is 0 Å². The van der Waals surface area contributed by atoms with E-state index >= 15 is 0 Å². The molecule has 0 unspecified atom stereocenters. The zero-order valence-corrected chi connectivity index (χ0v) is 11.5. The first kappa shape index (κ1) is 15.2. The molecule has 16 heavy (non-hydrogen) atoms. The van der Waals surface area contributed by atoms with Gasteiger partial charge in [0.2, 0.25) is 0 Å². The molecule has 1 radical (unpaired) electrons. The molecule has 0 amide bonds. The SMILES string of the molecule is CC1=[C-]c2cc3c(cc2=C1)C=CC=3.[CH3-].[CH3-].[Ti+3]. The van der Waals surface area contributed by atoms with Crippen molar-refractivity contribution in [1.82, 2.24) is 0 Å². The fourth-order valence-corrected chi connectivity index (χ4v) is 1.90. The maximum Gasteiger partial charge on any atom is 3.00 e. The zero-order chi connectivity index (χ0) is 8.84. The van der Waals surface area contributed by atoms with Crippen LogP contribution in [-0.2, 0) is 21.7 Å². The third kappa shape index (κ3) is 2.29. The van der Waals surface area contributed by atoms with Crippen LogP contribution in [0.1, 0.15) is 18.1 Å². The topological polar surface area (TPSA) is 0 Å². The van der Waals surface area contributed by atoms with Crippen LogP contribution in [0.2, 0.25) is 0 Å². The van der Waals surface area contributed by atoms with Gasteiger partial charge in [-0.2, -0.15) is 11.6 Å². The van der Waals surface area contributed by atoms with Crippen LogP contribution in [0.4, 0.5) is 0 Å². The number of hydrogen-bond donors (Lipinski definition) is 0. The molecule has 0 aromatic heterocycles. The zero-order valence-electron chi connectivity index (χ0n) is 9.96. The molecule has 1 heteroatoms. The van der Waals surface area contributed by atoms with E-state index in [9.17, 15) is 0 Å². The van der Waals surface area contributed by atoms with Crippen LogP contribution >= 0.6 is 0 Å². The van der Waals surface area contributed by atoms with E-state index in [2.05, 4.69) is 49.4 Å². The molecule has 2 aliphatic carbocycles. The quantitative estimate of drug-likeness (QED) is 0.484. The Kier molecular flexibility index (Phi) is 5.18. The van der Waals surface area contributed by atoms with Crippen molar-refractivity contribution in [2.45, 2.75) is 6.92 Å². The molecule has 0 saturated carbocycles. The standard InChI is InChI=1S/C13H9.2CH3.Ti/c1-9-5-12-7-10-3-2-4-11(10)8-13(12)6-9;;;/h2-5,7-8H,1H3;2*1H3;/q3*-1;+3. The van der Waals surface area contributed by atoms with Crippen LogP contribution in [0.25, 0.3) is 18.2 Å². The van der Waals surface area contributed by atoms with Gasteiger partial charge in [0.1, 0.15) is 0 Å². The van der Waals surface area contributed by atoms with Gasteiger partial charge in [0.15, 0.2) is 0 Å². The summed E-state index contributed by atoms with van der Waals surface area (Å²) in [5, 5.41) is 2.62. The molecule has 0 atom stereocenters. The molecule has 0 fully saturated rings. The predicted molar refractivity (Wildman–Crippen MR) is 68.0 cm³/mol. The molecule has 1 aromatic carbocycles. The molecule has 0 nitrogen and oxygen atoms in total. The van der Waals surface area contributed by atoms with Crippen molar-refractivity contribution in [3.63, 3.8) is 0 Å². The molecule has 2 aliphatic rings. The van der Waals surface area contributed by atoms with E-state index in [1.165, 1.54) is 27.1 Å². The number of allylic oxidation sites excluding steroid dienone is 2. The summed E-state index contributed by atoms with van der Waals surface area (Å²) < 4.78 is 0. The Bertz CT molecular complexity index is 560. The Balaban J connectivity index is 0.000000750. The number of rotatable bonds is 0. The van der Waals surface area contributed by atoms with E-state index in [1.807, 2.05) is 0 Å². The van der Waals surface area contributed by atoms with Crippen molar-refractivity contribution in [2.24, 2.45) is 0 Å². The fourth-order valence-electron chi connectivity index (χ4n) is 1.90. The van der Waals surface area contributed by atoms with Gasteiger partial charge in [-0.3, -0.25) is 0 Å². The van der Waals surface area contributed by atoms with Crippen LogP contribution in [0.15, 0.2) is 23.8 Å². The Morgan fingerprint density at radius 1 is 1.06 bits per heavy atom. The molecule has 0 aliphatic heterocycles. The maximum atomic E-state index is 3.34. The van der Waals surface area contributed by atoms with Crippen molar-refractivity contribution in [3.05, 3.63) is 66.3 Å². The van der Waals surface area contributed by atoms with E-state index in [0.717, 1.165) is 0 Å². The summed E-state index contributed by atoms with van der Waals surface area (Å²) in [5.41, 5.74) is 3.78. The van der Waals surface area contributed by atoms with Crippen molar-refractivity contribution in [1.29, 1.82) is 0 Å². The van der Waals surface area contributed by atoms with E-state index in [4.69, 9.17) is 0 Å². The van der Waals surface area contributed by atoms with Gasteiger partial charge in [-0.1, -0.05) is 36.4 Å². The predicted octanol–water partition coefficient (Wildman–Crippen LogP) is 2.28. The molecule has 0 saturated heterocycles. The van der Waals surface area contributed by atoms with Crippen LogP contribution < -0.4 is 10.4 Å². The van der Waals surface area contributed by atoms with E-state index in [-0.39, 0.29) is 36.6 Å². The van der Waals surface area contributed by atoms with Crippen molar-refractivity contribution in [3.8, 4) is 0 Å². The first-order chi connectivity index (χ1) is 6.33. The van der Waals surface area contributed by atoms with Crippen LogP contribution in [0.3, 0.4) is 0 Å². The van der Waals surface area contributed by atoms with Crippen molar-refractivity contribution in [2.75, 3.05) is 0 Å². The van der Waals surface area contributed by atoms with Crippen LogP contribution in [0, 0.1) is 20.9 Å². The Morgan fingerprint density at radius 2 is 1.81 bits per heavy atom. The summed E-state index contributed by atoms with van der Waals surface area (Å²) in [4.78, 5) is 0. The fraction of sp³-hybridized carbons (Fsp3) is 0.0667. The number of hydrogen-bond acceptors (Lipinski definition) is 0. The molecule has 79 valence electrons. The average molecular weight is 243 g/mol. The van der Waals surface area contributed by atoms with E-state index in [1.54, 1.807) is 0 Å². The summed E-state index contributed by atoms with van der Waals surface area (Å²) in [5.74, 6) is 0. The molecule has 0 heterocycles. The van der Waals surface area contributed by atoms with E-state index in [0.29, 0.717) is 0 Å². The normalized spacial score (nSPS) is 12.9. The van der Waals surface area contributed by atoms with Gasteiger partial charge in [-0.15, -0.1) is 22.9 Å². The third-order valence-corrected chi connectivity index (χ3v) is 2.51. The second-order valence-electron chi connectivity index (χ2n) is 3.55. The second-order valence-corrected chi connectivity index (χ2v) is 3.55. The first-order valence-corrected chi connectivity index (χ1v) is 4.48. The van der Waals surface area contributed by atoms with Crippen molar-refractivity contribution < 1.29 is 21.7 Å². The Morgan fingerprint density at radius 3 is 2.56 bits per heavy atom. The van der Waals surface area contributed by atoms with Gasteiger partial charge >= 0.3 is 21.7 Å². The maximum absolute atomic E-state index is 3.34. The summed E-state index contributed by atoms with van der Waals surface area (Å²) in [6.07, 6.45) is 11.9. The minimum Gasteiger partial charge on any atom is -0.358 e. The first-order valence-electron chi connectivity index (χ1n) is 4.48. The molecular weight excluding hydrogens is 228 g/mol. The molecule has 3 rings (SSSR count). The molecule has 0 N–H and O–H groups in total. The van der Waals surface area contributed by atoms with Gasteiger partial charge in [-0.05, 0) is 5.56 Å². The summed E-state index contributed by atoms with van der Waals surface area (Å²) in [7, 11) is 0. The number of fused-ring (bicyclic) bond motifs is 2. The van der Waals surface area contributed by atoms with Gasteiger partial charge in [-0.25, -0.2) is 0 Å². The smallest absolute Gasteiger partial charge is 0.358 e. The van der Waals surface area contributed by atoms with E-state index < -0.39 is 0 Å². The summed E-state index contributed by atoms with van der Waals surface area (Å²) in [6, 6.07) is 4.44. The molecular formula is C15H15Ti. The minimum atomic E-state index is 0. The van der Waals surface area contributed by atoms with Gasteiger partial charge < -0.3 is 14.9 Å². The molecule has 0 bridgehead atoms. The summed E-state index contributed by atoms with van der Waals surface area (Å²) >= 11 is 0. The Hall–Kier alpha value is -0.846. The van der Waals surface area contributed by atoms with Gasteiger partial charge in [0.05, 0.1) is 0 Å². The largest absolute Gasteiger partial charge is 3.00 e. The minimum absolute atomic E-state index is 0. The van der Waals surface area contributed by atoms with Gasteiger partial charge in [0, 0.05) is 0 Å². The Labute approximate surface area is 113 Å². The molecule has 1 aromatic rings. The number of benzene rings is 1. The third-order valence-electron chi connectivity index (χ3n) is 2.51. The monoisotopic (exact) mass is 243 g/mol. The van der Waals surface area contributed by atoms with Crippen LogP contribution in [-0.4, -0.2) is 0 Å².